The molecule has 1 atom stereocenters. The number of carbonyl (C=O) groups excluding carboxylic acids is 1. The number of nitrogens with one attached hydrogen (secondary N) is 1. The first-order valence-electron chi connectivity index (χ1n) is 8.80. The smallest absolute Gasteiger partial charge is 0.249 e. The van der Waals surface area contributed by atoms with Gasteiger partial charge in [0.2, 0.25) is 5.91 Å². The molecule has 0 aromatic carbocycles. The van der Waals surface area contributed by atoms with Crippen molar-refractivity contribution in [2.45, 2.75) is 51.7 Å². The third kappa shape index (κ3) is 4.09. The minimum atomic E-state index is -0.256. The molecule has 0 saturated carbocycles. The van der Waals surface area contributed by atoms with Crippen LogP contribution in [0.25, 0.3) is 0 Å². The highest BCUT2D eigenvalue weighted by atomic mass is 16.5. The van der Waals surface area contributed by atoms with Crippen LogP contribution in [0.1, 0.15) is 37.8 Å². The zero-order valence-corrected chi connectivity index (χ0v) is 14.0. The maximum absolute atomic E-state index is 11.9. The molecule has 1 aromatic heterocycles. The lowest BCUT2D eigenvalue weighted by Crippen LogP contribution is -2.35. The minimum Gasteiger partial charge on any atom is -0.368 e. The van der Waals surface area contributed by atoms with E-state index >= 15 is 0 Å². The minimum absolute atomic E-state index is 0.00669. The van der Waals surface area contributed by atoms with E-state index in [0.29, 0.717) is 13.2 Å². The lowest BCUT2D eigenvalue weighted by Gasteiger charge is -2.18. The van der Waals surface area contributed by atoms with Gasteiger partial charge in [0.25, 0.3) is 0 Å². The molecule has 1 saturated heterocycles. The molecule has 2 aliphatic rings. The summed E-state index contributed by atoms with van der Waals surface area (Å²) in [4.78, 5) is 14.4. The predicted octanol–water partition coefficient (Wildman–Crippen LogP) is 0.384. The zero-order valence-electron chi connectivity index (χ0n) is 14.0. The summed E-state index contributed by atoms with van der Waals surface area (Å²) in [6.07, 6.45) is 4.41. The number of nitrogens with zero attached hydrogens (tertiary/aromatic N) is 4. The summed E-state index contributed by atoms with van der Waals surface area (Å²) in [6, 6.07) is 0. The van der Waals surface area contributed by atoms with Gasteiger partial charge in [0.05, 0.1) is 0 Å². The molecule has 1 amide bonds. The Hall–Kier alpha value is -1.47. The van der Waals surface area contributed by atoms with Crippen LogP contribution in [-0.4, -0.2) is 64.5 Å². The summed E-state index contributed by atoms with van der Waals surface area (Å²) in [5.74, 6) is 2.06. The Balaban J connectivity index is 1.50. The highest BCUT2D eigenvalue weighted by molar-refractivity contribution is 5.80. The van der Waals surface area contributed by atoms with Gasteiger partial charge in [-0.2, -0.15) is 0 Å². The van der Waals surface area contributed by atoms with Crippen LogP contribution in [0.5, 0.6) is 0 Å². The molecule has 0 radical (unpaired) electrons. The fourth-order valence-electron chi connectivity index (χ4n) is 3.35. The SMILES string of the molecule is CCCN1CCc2nnc(CCNC(=O)[C@@H]3CCCO3)n2CC1. The Bertz CT molecular complexity index is 525. The third-order valence-electron chi connectivity index (χ3n) is 4.61. The number of ether oxygens (including phenoxy) is 1. The van der Waals surface area contributed by atoms with Gasteiger partial charge < -0.3 is 19.5 Å². The number of rotatable bonds is 6. The fraction of sp³-hybridized carbons (Fsp3) is 0.812. The maximum atomic E-state index is 11.9. The lowest BCUT2D eigenvalue weighted by molar-refractivity contribution is -0.130. The third-order valence-corrected chi connectivity index (χ3v) is 4.61. The van der Waals surface area contributed by atoms with E-state index in [-0.39, 0.29) is 12.0 Å². The van der Waals surface area contributed by atoms with Crippen molar-refractivity contribution in [2.24, 2.45) is 0 Å². The Morgan fingerprint density at radius 1 is 1.35 bits per heavy atom. The number of carbonyl (C=O) groups is 1. The second-order valence-corrected chi connectivity index (χ2v) is 6.32. The topological polar surface area (TPSA) is 72.3 Å². The first-order chi connectivity index (χ1) is 11.3. The van der Waals surface area contributed by atoms with Gasteiger partial charge in [0, 0.05) is 45.6 Å². The largest absolute Gasteiger partial charge is 0.368 e. The Morgan fingerprint density at radius 2 is 2.26 bits per heavy atom. The van der Waals surface area contributed by atoms with Crippen LogP contribution in [0.15, 0.2) is 0 Å². The Kier molecular flexibility index (Phi) is 5.61. The highest BCUT2D eigenvalue weighted by Gasteiger charge is 2.23. The predicted molar refractivity (Wildman–Crippen MR) is 86.1 cm³/mol. The van der Waals surface area contributed by atoms with Crippen LogP contribution >= 0.6 is 0 Å². The van der Waals surface area contributed by atoms with E-state index in [4.69, 9.17) is 4.74 Å². The molecule has 2 aliphatic heterocycles. The van der Waals surface area contributed by atoms with Crippen molar-refractivity contribution < 1.29 is 9.53 Å². The van der Waals surface area contributed by atoms with Gasteiger partial charge in [-0.25, -0.2) is 0 Å². The van der Waals surface area contributed by atoms with Crippen molar-refractivity contribution in [3.05, 3.63) is 11.6 Å². The second kappa shape index (κ2) is 7.88. The van der Waals surface area contributed by atoms with Gasteiger partial charge >= 0.3 is 0 Å². The van der Waals surface area contributed by atoms with Crippen LogP contribution in [-0.2, 0) is 28.9 Å². The van der Waals surface area contributed by atoms with Crippen LogP contribution in [0.4, 0.5) is 0 Å². The number of amides is 1. The monoisotopic (exact) mass is 321 g/mol. The van der Waals surface area contributed by atoms with Gasteiger partial charge in [-0.1, -0.05) is 6.92 Å². The Morgan fingerprint density at radius 3 is 3.04 bits per heavy atom. The molecule has 1 N–H and O–H groups in total. The van der Waals surface area contributed by atoms with Crippen LogP contribution in [0.2, 0.25) is 0 Å². The molecular formula is C16H27N5O2. The van der Waals surface area contributed by atoms with E-state index in [1.807, 2.05) is 0 Å². The molecule has 3 rings (SSSR count). The molecule has 23 heavy (non-hydrogen) atoms. The number of fused-ring (bicyclic) bond motifs is 1. The standard InChI is InChI=1S/C16H27N5O2/c1-2-8-20-9-6-15-19-18-14(21(15)11-10-20)5-7-17-16(22)13-4-3-12-23-13/h13H,2-12H2,1H3,(H,17,22)/t13-/m0/s1. The van der Waals surface area contributed by atoms with E-state index in [9.17, 15) is 4.79 Å². The normalized spacial score (nSPS) is 21.9. The molecule has 0 bridgehead atoms. The number of hydrogen-bond acceptors (Lipinski definition) is 5. The Labute approximate surface area is 137 Å². The van der Waals surface area contributed by atoms with Crippen LogP contribution in [0, 0.1) is 0 Å². The maximum Gasteiger partial charge on any atom is 0.249 e. The van der Waals surface area contributed by atoms with Gasteiger partial charge in [-0.15, -0.1) is 10.2 Å². The van der Waals surface area contributed by atoms with Gasteiger partial charge in [-0.3, -0.25) is 4.79 Å². The van der Waals surface area contributed by atoms with Gasteiger partial charge in [0.15, 0.2) is 0 Å². The molecule has 3 heterocycles. The van der Waals surface area contributed by atoms with Gasteiger partial charge in [-0.05, 0) is 25.8 Å². The van der Waals surface area contributed by atoms with E-state index in [1.165, 1.54) is 6.42 Å². The average molecular weight is 321 g/mol. The second-order valence-electron chi connectivity index (χ2n) is 6.32. The zero-order chi connectivity index (χ0) is 16.1. The molecule has 0 spiro atoms. The average Bonchev–Trinajstić information content (AvgIpc) is 3.16. The molecule has 7 nitrogen and oxygen atoms in total. The summed E-state index contributed by atoms with van der Waals surface area (Å²) >= 11 is 0. The van der Waals surface area contributed by atoms with E-state index < -0.39 is 0 Å². The van der Waals surface area contributed by atoms with Crippen molar-refractivity contribution >= 4 is 5.91 Å². The molecule has 128 valence electrons. The quantitative estimate of drug-likeness (QED) is 0.820. The van der Waals surface area contributed by atoms with Crippen molar-refractivity contribution in [1.82, 2.24) is 25.0 Å². The molecule has 0 unspecified atom stereocenters. The van der Waals surface area contributed by atoms with Crippen LogP contribution < -0.4 is 5.32 Å². The molecule has 1 fully saturated rings. The molecular weight excluding hydrogens is 294 g/mol. The van der Waals surface area contributed by atoms with Crippen molar-refractivity contribution in [2.75, 3.05) is 32.8 Å². The molecule has 1 aromatic rings. The van der Waals surface area contributed by atoms with Crippen LogP contribution in [0.3, 0.4) is 0 Å². The summed E-state index contributed by atoms with van der Waals surface area (Å²) < 4.78 is 7.62. The molecule has 7 heteroatoms. The summed E-state index contributed by atoms with van der Waals surface area (Å²) in [7, 11) is 0. The first-order valence-corrected chi connectivity index (χ1v) is 8.80. The van der Waals surface area contributed by atoms with Crippen molar-refractivity contribution in [3.63, 3.8) is 0 Å². The van der Waals surface area contributed by atoms with E-state index in [1.54, 1.807) is 0 Å². The van der Waals surface area contributed by atoms with E-state index in [0.717, 1.165) is 63.5 Å². The van der Waals surface area contributed by atoms with Gasteiger partial charge in [0.1, 0.15) is 17.8 Å². The summed E-state index contributed by atoms with van der Waals surface area (Å²) in [5, 5.41) is 11.6. The summed E-state index contributed by atoms with van der Waals surface area (Å²) in [5.41, 5.74) is 0. The highest BCUT2D eigenvalue weighted by Crippen LogP contribution is 2.12. The number of hydrogen-bond donors (Lipinski definition) is 1. The van der Waals surface area contributed by atoms with E-state index in [2.05, 4.69) is 31.9 Å². The lowest BCUT2D eigenvalue weighted by atomic mass is 10.2. The summed E-state index contributed by atoms with van der Waals surface area (Å²) in [6.45, 7) is 7.70. The fourth-order valence-corrected chi connectivity index (χ4v) is 3.35. The first kappa shape index (κ1) is 16.4. The van der Waals surface area contributed by atoms with Crippen molar-refractivity contribution in [1.29, 1.82) is 0 Å². The number of aromatic nitrogens is 3. The molecule has 0 aliphatic carbocycles. The van der Waals surface area contributed by atoms with Crippen molar-refractivity contribution in [3.8, 4) is 0 Å².